The number of nitrogens with one attached hydrogen (secondary N) is 1. The number of amides is 1. The van der Waals surface area contributed by atoms with Gasteiger partial charge >= 0.3 is 0 Å². The molecule has 4 nitrogen and oxygen atoms in total. The van der Waals surface area contributed by atoms with E-state index in [1.165, 1.54) is 11.1 Å². The van der Waals surface area contributed by atoms with E-state index in [1.54, 1.807) is 6.92 Å². The number of nitrogens with two attached hydrogens (primary N) is 1. The quantitative estimate of drug-likeness (QED) is 0.784. The highest BCUT2D eigenvalue weighted by Gasteiger charge is 2.20. The molecule has 0 bridgehead atoms. The first-order valence-electron chi connectivity index (χ1n) is 7.44. The van der Waals surface area contributed by atoms with Crippen LogP contribution in [0.1, 0.15) is 50.3 Å². The third-order valence-corrected chi connectivity index (χ3v) is 3.75. The van der Waals surface area contributed by atoms with Gasteiger partial charge in [0.25, 0.3) is 5.91 Å². The van der Waals surface area contributed by atoms with Crippen LogP contribution in [0.15, 0.2) is 18.2 Å². The van der Waals surface area contributed by atoms with Crippen molar-refractivity contribution in [3.8, 4) is 5.75 Å². The molecule has 0 fully saturated rings. The molecule has 0 aliphatic heterocycles. The first-order chi connectivity index (χ1) is 9.61. The van der Waals surface area contributed by atoms with Gasteiger partial charge in [0.05, 0.1) is 0 Å². The molecule has 0 saturated heterocycles. The Labute approximate surface area is 120 Å². The minimum atomic E-state index is -0.472. The van der Waals surface area contributed by atoms with Crippen molar-refractivity contribution < 1.29 is 9.53 Å². The van der Waals surface area contributed by atoms with Gasteiger partial charge < -0.3 is 15.8 Å². The zero-order valence-electron chi connectivity index (χ0n) is 12.3. The molecular weight excluding hydrogens is 252 g/mol. The molecule has 0 heterocycles. The highest BCUT2D eigenvalue weighted by Crippen LogP contribution is 2.32. The molecule has 4 heteroatoms. The number of benzene rings is 1. The van der Waals surface area contributed by atoms with Crippen LogP contribution in [0.4, 0.5) is 0 Å². The molecule has 0 radical (unpaired) electrons. The van der Waals surface area contributed by atoms with Gasteiger partial charge in [-0.05, 0) is 49.4 Å². The molecule has 1 aromatic carbocycles. The Morgan fingerprint density at radius 3 is 3.10 bits per heavy atom. The van der Waals surface area contributed by atoms with Crippen molar-refractivity contribution in [2.75, 3.05) is 6.54 Å². The summed E-state index contributed by atoms with van der Waals surface area (Å²) in [5.74, 6) is 0.687. The number of unbranched alkanes of at least 4 members (excludes halogenated alkanes) is 1. The number of carbonyl (C=O) groups is 1. The number of rotatable bonds is 6. The second-order valence-corrected chi connectivity index (χ2v) is 5.41. The first-order valence-corrected chi connectivity index (χ1v) is 7.44. The summed E-state index contributed by atoms with van der Waals surface area (Å²) in [6.07, 6.45) is 3.58. The van der Waals surface area contributed by atoms with E-state index in [4.69, 9.17) is 10.5 Å². The van der Waals surface area contributed by atoms with Crippen molar-refractivity contribution in [1.29, 1.82) is 0 Å². The molecule has 1 aromatic rings. The molecule has 1 unspecified atom stereocenters. The second-order valence-electron chi connectivity index (χ2n) is 5.41. The lowest BCUT2D eigenvalue weighted by atomic mass is 10.1. The van der Waals surface area contributed by atoms with E-state index in [-0.39, 0.29) is 11.9 Å². The lowest BCUT2D eigenvalue weighted by Crippen LogP contribution is -2.36. The average Bonchev–Trinajstić information content (AvgIpc) is 2.80. The van der Waals surface area contributed by atoms with Gasteiger partial charge in [0.1, 0.15) is 5.75 Å². The van der Waals surface area contributed by atoms with Crippen LogP contribution in [-0.4, -0.2) is 18.6 Å². The zero-order chi connectivity index (χ0) is 14.5. The van der Waals surface area contributed by atoms with Gasteiger partial charge in [-0.2, -0.15) is 0 Å². The van der Waals surface area contributed by atoms with Crippen LogP contribution in [0, 0.1) is 0 Å². The molecule has 2 atom stereocenters. The minimum absolute atomic E-state index is 0.0596. The lowest BCUT2D eigenvalue weighted by Gasteiger charge is -2.15. The molecule has 0 aromatic heterocycles. The fraction of sp³-hybridized carbons (Fsp3) is 0.562. The molecule has 0 spiro atoms. The SMILES string of the molecule is CCCCNC(=O)C(C)Oc1ccc2c(c1)CC[C@@H]2N. The van der Waals surface area contributed by atoms with Crippen LogP contribution in [-0.2, 0) is 11.2 Å². The highest BCUT2D eigenvalue weighted by molar-refractivity contribution is 5.80. The number of aryl methyl sites for hydroxylation is 1. The van der Waals surface area contributed by atoms with Gasteiger partial charge in [0, 0.05) is 12.6 Å². The summed E-state index contributed by atoms with van der Waals surface area (Å²) >= 11 is 0. The van der Waals surface area contributed by atoms with E-state index in [0.717, 1.165) is 31.4 Å². The van der Waals surface area contributed by atoms with Crippen molar-refractivity contribution in [2.24, 2.45) is 5.73 Å². The van der Waals surface area contributed by atoms with Gasteiger partial charge in [0.15, 0.2) is 6.10 Å². The maximum Gasteiger partial charge on any atom is 0.260 e. The van der Waals surface area contributed by atoms with Crippen LogP contribution in [0.5, 0.6) is 5.75 Å². The highest BCUT2D eigenvalue weighted by atomic mass is 16.5. The maximum atomic E-state index is 11.9. The summed E-state index contributed by atoms with van der Waals surface area (Å²) in [5, 5.41) is 2.88. The van der Waals surface area contributed by atoms with Gasteiger partial charge in [-0.1, -0.05) is 19.4 Å². The van der Waals surface area contributed by atoms with E-state index >= 15 is 0 Å². The predicted molar refractivity (Wildman–Crippen MR) is 79.7 cm³/mol. The summed E-state index contributed by atoms with van der Waals surface area (Å²) in [7, 11) is 0. The third-order valence-electron chi connectivity index (χ3n) is 3.75. The minimum Gasteiger partial charge on any atom is -0.481 e. The zero-order valence-corrected chi connectivity index (χ0v) is 12.3. The molecule has 20 heavy (non-hydrogen) atoms. The number of fused-ring (bicyclic) bond motifs is 1. The smallest absolute Gasteiger partial charge is 0.260 e. The number of carbonyl (C=O) groups excluding carboxylic acids is 1. The largest absolute Gasteiger partial charge is 0.481 e. The van der Waals surface area contributed by atoms with Crippen molar-refractivity contribution in [3.05, 3.63) is 29.3 Å². The first kappa shape index (κ1) is 14.9. The molecule has 1 aliphatic rings. The maximum absolute atomic E-state index is 11.9. The lowest BCUT2D eigenvalue weighted by molar-refractivity contribution is -0.127. The van der Waals surface area contributed by atoms with Gasteiger partial charge in [-0.25, -0.2) is 0 Å². The van der Waals surface area contributed by atoms with Crippen LogP contribution in [0.25, 0.3) is 0 Å². The fourth-order valence-corrected chi connectivity index (χ4v) is 2.49. The molecular formula is C16H24N2O2. The van der Waals surface area contributed by atoms with Gasteiger partial charge in [-0.3, -0.25) is 4.79 Å². The van der Waals surface area contributed by atoms with E-state index in [1.807, 2.05) is 18.2 Å². The molecule has 3 N–H and O–H groups in total. The Balaban J connectivity index is 1.91. The van der Waals surface area contributed by atoms with Crippen molar-refractivity contribution in [1.82, 2.24) is 5.32 Å². The molecule has 1 aliphatic carbocycles. The Kier molecular flexibility index (Phi) is 5.01. The monoisotopic (exact) mass is 276 g/mol. The summed E-state index contributed by atoms with van der Waals surface area (Å²) in [5.41, 5.74) is 8.46. The topological polar surface area (TPSA) is 64.3 Å². The molecule has 2 rings (SSSR count). The Morgan fingerprint density at radius 1 is 1.55 bits per heavy atom. The van der Waals surface area contributed by atoms with Crippen LogP contribution in [0.3, 0.4) is 0 Å². The van der Waals surface area contributed by atoms with Crippen molar-refractivity contribution in [2.45, 2.75) is 51.7 Å². The Hall–Kier alpha value is -1.55. The summed E-state index contributed by atoms with van der Waals surface area (Å²) in [6.45, 7) is 4.59. The second kappa shape index (κ2) is 6.75. The average molecular weight is 276 g/mol. The normalized spacial score (nSPS) is 18.4. The van der Waals surface area contributed by atoms with Gasteiger partial charge in [0.2, 0.25) is 0 Å². The number of hydrogen-bond acceptors (Lipinski definition) is 3. The summed E-state index contributed by atoms with van der Waals surface area (Å²) < 4.78 is 5.71. The molecule has 0 saturated carbocycles. The Bertz CT molecular complexity index is 474. The van der Waals surface area contributed by atoms with Crippen LogP contribution >= 0.6 is 0 Å². The van der Waals surface area contributed by atoms with Crippen molar-refractivity contribution >= 4 is 5.91 Å². The summed E-state index contributed by atoms with van der Waals surface area (Å²) in [4.78, 5) is 11.9. The number of ether oxygens (including phenoxy) is 1. The van der Waals surface area contributed by atoms with E-state index in [9.17, 15) is 4.79 Å². The summed E-state index contributed by atoms with van der Waals surface area (Å²) in [6, 6.07) is 6.08. The van der Waals surface area contributed by atoms with Gasteiger partial charge in [-0.15, -0.1) is 0 Å². The van der Waals surface area contributed by atoms with E-state index in [0.29, 0.717) is 6.54 Å². The standard InChI is InChI=1S/C16H24N2O2/c1-3-4-9-18-16(19)11(2)20-13-6-7-14-12(10-13)5-8-15(14)17/h6-7,10-11,15H,3-5,8-9,17H2,1-2H3,(H,18,19)/t11?,15-/m0/s1. The van der Waals surface area contributed by atoms with Crippen LogP contribution in [0.2, 0.25) is 0 Å². The van der Waals surface area contributed by atoms with E-state index < -0.39 is 6.10 Å². The fourth-order valence-electron chi connectivity index (χ4n) is 2.49. The third kappa shape index (κ3) is 3.51. The molecule has 110 valence electrons. The van der Waals surface area contributed by atoms with Crippen LogP contribution < -0.4 is 15.8 Å². The van der Waals surface area contributed by atoms with E-state index in [2.05, 4.69) is 12.2 Å². The predicted octanol–water partition coefficient (Wildman–Crippen LogP) is 2.32. The molecule has 1 amide bonds. The van der Waals surface area contributed by atoms with Crippen molar-refractivity contribution in [3.63, 3.8) is 0 Å². The Morgan fingerprint density at radius 2 is 2.35 bits per heavy atom. The number of hydrogen-bond donors (Lipinski definition) is 2.